The Morgan fingerprint density at radius 2 is 2.00 bits per heavy atom. The number of nitrogens with one attached hydrogen (secondary N) is 1. The summed E-state index contributed by atoms with van der Waals surface area (Å²) < 4.78 is 7.40. The van der Waals surface area contributed by atoms with Crippen LogP contribution < -0.4 is 5.32 Å². The Bertz CT molecular complexity index is 717. The molecule has 0 saturated heterocycles. The van der Waals surface area contributed by atoms with Gasteiger partial charge in [-0.05, 0) is 24.1 Å². The van der Waals surface area contributed by atoms with Gasteiger partial charge in [-0.1, -0.05) is 35.5 Å². The molecular formula is C17H20N4O. The lowest BCUT2D eigenvalue weighted by Gasteiger charge is -2.07. The van der Waals surface area contributed by atoms with Crippen LogP contribution in [0.5, 0.6) is 0 Å². The average molecular weight is 296 g/mol. The predicted molar refractivity (Wildman–Crippen MR) is 84.2 cm³/mol. The van der Waals surface area contributed by atoms with Crippen LogP contribution in [0.4, 0.5) is 0 Å². The molecule has 0 amide bonds. The molecule has 5 heteroatoms. The third kappa shape index (κ3) is 3.62. The van der Waals surface area contributed by atoms with Crippen molar-refractivity contribution in [3.8, 4) is 0 Å². The molecule has 2 heterocycles. The monoisotopic (exact) mass is 296 g/mol. The van der Waals surface area contributed by atoms with Crippen molar-refractivity contribution in [1.82, 2.24) is 20.0 Å². The molecule has 0 bridgehead atoms. The number of hydrogen-bond donors (Lipinski definition) is 1. The Hall–Kier alpha value is -2.40. The molecule has 0 spiro atoms. The fourth-order valence-electron chi connectivity index (χ4n) is 2.32. The molecule has 3 rings (SSSR count). The van der Waals surface area contributed by atoms with E-state index >= 15 is 0 Å². The van der Waals surface area contributed by atoms with E-state index in [1.54, 1.807) is 0 Å². The zero-order valence-electron chi connectivity index (χ0n) is 12.9. The van der Waals surface area contributed by atoms with Gasteiger partial charge in [0.2, 0.25) is 5.89 Å². The molecule has 22 heavy (non-hydrogen) atoms. The van der Waals surface area contributed by atoms with Crippen molar-refractivity contribution in [2.45, 2.75) is 25.9 Å². The van der Waals surface area contributed by atoms with Gasteiger partial charge in [0, 0.05) is 32.4 Å². The van der Waals surface area contributed by atoms with Crippen LogP contribution in [0.1, 0.15) is 35.8 Å². The maximum atomic E-state index is 5.36. The van der Waals surface area contributed by atoms with E-state index in [1.807, 2.05) is 42.9 Å². The molecule has 0 saturated carbocycles. The van der Waals surface area contributed by atoms with E-state index in [0.29, 0.717) is 12.3 Å². The van der Waals surface area contributed by atoms with Crippen LogP contribution in [-0.4, -0.2) is 14.7 Å². The molecule has 2 aromatic heterocycles. The second kappa shape index (κ2) is 6.58. The van der Waals surface area contributed by atoms with Crippen molar-refractivity contribution >= 4 is 0 Å². The normalized spacial score (nSPS) is 12.5. The lowest BCUT2D eigenvalue weighted by atomic mass is 10.1. The van der Waals surface area contributed by atoms with Crippen LogP contribution in [0.2, 0.25) is 0 Å². The van der Waals surface area contributed by atoms with Crippen molar-refractivity contribution in [3.63, 3.8) is 0 Å². The first-order valence-electron chi connectivity index (χ1n) is 7.41. The van der Waals surface area contributed by atoms with E-state index in [2.05, 4.69) is 39.9 Å². The smallest absolute Gasteiger partial charge is 0.243 e. The van der Waals surface area contributed by atoms with Gasteiger partial charge >= 0.3 is 0 Å². The van der Waals surface area contributed by atoms with Crippen LogP contribution >= 0.6 is 0 Å². The van der Waals surface area contributed by atoms with Crippen molar-refractivity contribution in [1.29, 1.82) is 0 Å². The maximum Gasteiger partial charge on any atom is 0.243 e. The summed E-state index contributed by atoms with van der Waals surface area (Å²) in [5.41, 5.74) is 2.41. The van der Waals surface area contributed by atoms with Gasteiger partial charge < -0.3 is 14.4 Å². The first-order chi connectivity index (χ1) is 10.7. The highest BCUT2D eigenvalue weighted by molar-refractivity contribution is 5.18. The second-order valence-electron chi connectivity index (χ2n) is 5.50. The molecule has 1 aromatic carbocycles. The quantitative estimate of drug-likeness (QED) is 0.760. The van der Waals surface area contributed by atoms with Gasteiger partial charge in [-0.3, -0.25) is 0 Å². The molecule has 1 atom stereocenters. The van der Waals surface area contributed by atoms with E-state index in [9.17, 15) is 0 Å². The molecule has 0 aliphatic heterocycles. The molecule has 0 aliphatic rings. The SMILES string of the molecule is CC(NCc1ccn(C)c1)c1nc(Cc2ccccc2)no1. The van der Waals surface area contributed by atoms with Crippen molar-refractivity contribution in [2.24, 2.45) is 7.05 Å². The zero-order valence-corrected chi connectivity index (χ0v) is 12.9. The Morgan fingerprint density at radius 3 is 2.73 bits per heavy atom. The first-order valence-corrected chi connectivity index (χ1v) is 7.41. The van der Waals surface area contributed by atoms with E-state index in [1.165, 1.54) is 11.1 Å². The van der Waals surface area contributed by atoms with Gasteiger partial charge in [-0.15, -0.1) is 0 Å². The van der Waals surface area contributed by atoms with Crippen LogP contribution in [0.15, 0.2) is 53.3 Å². The topological polar surface area (TPSA) is 55.9 Å². The zero-order chi connectivity index (χ0) is 15.4. The van der Waals surface area contributed by atoms with Gasteiger partial charge in [-0.2, -0.15) is 4.98 Å². The summed E-state index contributed by atoms with van der Waals surface area (Å²) in [6.07, 6.45) is 4.82. The summed E-state index contributed by atoms with van der Waals surface area (Å²) in [7, 11) is 2.01. The number of nitrogens with zero attached hydrogens (tertiary/aromatic N) is 3. The van der Waals surface area contributed by atoms with Crippen molar-refractivity contribution < 1.29 is 4.52 Å². The second-order valence-corrected chi connectivity index (χ2v) is 5.50. The van der Waals surface area contributed by atoms with E-state index < -0.39 is 0 Å². The fraction of sp³-hybridized carbons (Fsp3) is 0.294. The van der Waals surface area contributed by atoms with Crippen LogP contribution in [0, 0.1) is 0 Å². The molecule has 114 valence electrons. The molecule has 3 aromatic rings. The van der Waals surface area contributed by atoms with Crippen molar-refractivity contribution in [3.05, 3.63) is 71.6 Å². The highest BCUT2D eigenvalue weighted by Crippen LogP contribution is 2.13. The third-order valence-corrected chi connectivity index (χ3v) is 3.56. The number of aryl methyl sites for hydroxylation is 1. The maximum absolute atomic E-state index is 5.36. The number of aromatic nitrogens is 3. The largest absolute Gasteiger partial charge is 0.357 e. The molecule has 1 unspecified atom stereocenters. The minimum absolute atomic E-state index is 0.0252. The Kier molecular flexibility index (Phi) is 4.34. The third-order valence-electron chi connectivity index (χ3n) is 3.56. The summed E-state index contributed by atoms with van der Waals surface area (Å²) in [4.78, 5) is 4.48. The minimum atomic E-state index is 0.0252. The molecular weight excluding hydrogens is 276 g/mol. The van der Waals surface area contributed by atoms with Gasteiger partial charge in [0.1, 0.15) is 0 Å². The summed E-state index contributed by atoms with van der Waals surface area (Å²) in [5, 5.41) is 7.46. The van der Waals surface area contributed by atoms with Crippen LogP contribution in [0.25, 0.3) is 0 Å². The Labute approximate surface area is 130 Å². The standard InChI is InChI=1S/C17H20N4O/c1-13(18-11-15-8-9-21(2)12-15)17-19-16(20-22-17)10-14-6-4-3-5-7-14/h3-9,12-13,18H,10-11H2,1-2H3. The Balaban J connectivity index is 1.58. The van der Waals surface area contributed by atoms with Crippen molar-refractivity contribution in [2.75, 3.05) is 0 Å². The molecule has 5 nitrogen and oxygen atoms in total. The van der Waals surface area contributed by atoms with Crippen LogP contribution in [-0.2, 0) is 20.0 Å². The minimum Gasteiger partial charge on any atom is -0.357 e. The summed E-state index contributed by atoms with van der Waals surface area (Å²) in [5.74, 6) is 1.34. The lowest BCUT2D eigenvalue weighted by Crippen LogP contribution is -2.18. The number of benzene rings is 1. The first kappa shape index (κ1) is 14.5. The number of rotatable bonds is 6. The average Bonchev–Trinajstić information content (AvgIpc) is 3.15. The van der Waals surface area contributed by atoms with Gasteiger partial charge in [0.25, 0.3) is 0 Å². The van der Waals surface area contributed by atoms with Gasteiger partial charge in [0.15, 0.2) is 5.82 Å². The predicted octanol–water partition coefficient (Wildman–Crippen LogP) is 2.85. The molecule has 0 radical (unpaired) electrons. The van der Waals surface area contributed by atoms with E-state index in [0.717, 1.165) is 12.4 Å². The van der Waals surface area contributed by atoms with Crippen LogP contribution in [0.3, 0.4) is 0 Å². The Morgan fingerprint density at radius 1 is 1.18 bits per heavy atom. The van der Waals surface area contributed by atoms with Gasteiger partial charge in [0.05, 0.1) is 6.04 Å². The number of hydrogen-bond acceptors (Lipinski definition) is 4. The highest BCUT2D eigenvalue weighted by Gasteiger charge is 2.14. The molecule has 0 fully saturated rings. The lowest BCUT2D eigenvalue weighted by molar-refractivity contribution is 0.336. The molecule has 0 aliphatic carbocycles. The van der Waals surface area contributed by atoms with E-state index in [4.69, 9.17) is 4.52 Å². The summed E-state index contributed by atoms with van der Waals surface area (Å²) in [6, 6.07) is 12.3. The highest BCUT2D eigenvalue weighted by atomic mass is 16.5. The molecule has 1 N–H and O–H groups in total. The summed E-state index contributed by atoms with van der Waals surface area (Å²) in [6.45, 7) is 2.81. The summed E-state index contributed by atoms with van der Waals surface area (Å²) >= 11 is 0. The van der Waals surface area contributed by atoms with E-state index in [-0.39, 0.29) is 6.04 Å². The van der Waals surface area contributed by atoms with Gasteiger partial charge in [-0.25, -0.2) is 0 Å². The fourth-order valence-corrected chi connectivity index (χ4v) is 2.32.